The van der Waals surface area contributed by atoms with Crippen LogP contribution in [0.1, 0.15) is 37.7 Å². The van der Waals surface area contributed by atoms with Crippen molar-refractivity contribution in [2.75, 3.05) is 6.61 Å². The van der Waals surface area contributed by atoms with Gasteiger partial charge in [0.15, 0.2) is 0 Å². The van der Waals surface area contributed by atoms with Crippen LogP contribution in [0.15, 0.2) is 28.7 Å². The molecule has 2 nitrogen and oxygen atoms in total. The third-order valence-corrected chi connectivity index (χ3v) is 3.95. The molecule has 1 aliphatic heterocycles. The standard InChI is InChI=1S/C15H21BrO2/c16-13-5-3-4-12(10-13)11-14(17)7-8-15-6-1-2-9-18-15/h3-5,10,14-15,17H,1-2,6-9,11H2. The maximum Gasteiger partial charge on any atom is 0.0581 e. The van der Waals surface area contributed by atoms with Crippen molar-refractivity contribution < 1.29 is 9.84 Å². The van der Waals surface area contributed by atoms with E-state index in [1.807, 2.05) is 12.1 Å². The molecule has 2 atom stereocenters. The minimum Gasteiger partial charge on any atom is -0.393 e. The van der Waals surface area contributed by atoms with Gasteiger partial charge in [0.25, 0.3) is 0 Å². The van der Waals surface area contributed by atoms with Crippen LogP contribution in [0, 0.1) is 0 Å². The minimum absolute atomic E-state index is 0.259. The zero-order valence-electron chi connectivity index (χ0n) is 10.6. The van der Waals surface area contributed by atoms with Gasteiger partial charge in [-0.25, -0.2) is 0 Å². The first-order valence-electron chi connectivity index (χ1n) is 6.78. The Morgan fingerprint density at radius 1 is 1.39 bits per heavy atom. The Kier molecular flexibility index (Phi) is 5.67. The molecule has 0 bridgehead atoms. The highest BCUT2D eigenvalue weighted by Crippen LogP contribution is 2.19. The highest BCUT2D eigenvalue weighted by molar-refractivity contribution is 9.10. The van der Waals surface area contributed by atoms with Crippen molar-refractivity contribution in [3.8, 4) is 0 Å². The summed E-state index contributed by atoms with van der Waals surface area (Å²) >= 11 is 3.45. The second kappa shape index (κ2) is 7.27. The van der Waals surface area contributed by atoms with E-state index in [9.17, 15) is 5.11 Å². The number of hydrogen-bond donors (Lipinski definition) is 1. The average Bonchev–Trinajstić information content (AvgIpc) is 2.38. The molecule has 2 rings (SSSR count). The fourth-order valence-corrected chi connectivity index (χ4v) is 2.90. The van der Waals surface area contributed by atoms with E-state index in [1.165, 1.54) is 18.4 Å². The largest absolute Gasteiger partial charge is 0.393 e. The van der Waals surface area contributed by atoms with Gasteiger partial charge in [0.05, 0.1) is 12.2 Å². The maximum atomic E-state index is 10.1. The fraction of sp³-hybridized carbons (Fsp3) is 0.600. The predicted octanol–water partition coefficient (Wildman–Crippen LogP) is 3.70. The van der Waals surface area contributed by atoms with E-state index in [0.29, 0.717) is 6.10 Å². The van der Waals surface area contributed by atoms with E-state index < -0.39 is 0 Å². The molecule has 3 heteroatoms. The molecular formula is C15H21BrO2. The second-order valence-electron chi connectivity index (χ2n) is 5.05. The van der Waals surface area contributed by atoms with Gasteiger partial charge in [-0.1, -0.05) is 28.1 Å². The van der Waals surface area contributed by atoms with Crippen LogP contribution < -0.4 is 0 Å². The molecule has 0 saturated carbocycles. The number of benzene rings is 1. The van der Waals surface area contributed by atoms with Crippen molar-refractivity contribution in [1.29, 1.82) is 0 Å². The van der Waals surface area contributed by atoms with Crippen molar-refractivity contribution in [3.05, 3.63) is 34.3 Å². The molecule has 0 aromatic heterocycles. The van der Waals surface area contributed by atoms with Crippen LogP contribution in [0.25, 0.3) is 0 Å². The summed E-state index contributed by atoms with van der Waals surface area (Å²) in [6.07, 6.45) is 6.27. The summed E-state index contributed by atoms with van der Waals surface area (Å²) in [4.78, 5) is 0. The summed E-state index contributed by atoms with van der Waals surface area (Å²) in [6, 6.07) is 8.15. The average molecular weight is 313 g/mol. The summed E-state index contributed by atoms with van der Waals surface area (Å²) < 4.78 is 6.75. The lowest BCUT2D eigenvalue weighted by atomic mass is 9.99. The number of hydrogen-bond acceptors (Lipinski definition) is 2. The molecule has 0 radical (unpaired) electrons. The molecule has 1 aliphatic rings. The van der Waals surface area contributed by atoms with Gasteiger partial charge in [0, 0.05) is 11.1 Å². The van der Waals surface area contributed by atoms with Gasteiger partial charge in [0.2, 0.25) is 0 Å². The minimum atomic E-state index is -0.259. The van der Waals surface area contributed by atoms with E-state index in [4.69, 9.17) is 4.74 Å². The Balaban J connectivity index is 1.72. The van der Waals surface area contributed by atoms with Gasteiger partial charge in [0.1, 0.15) is 0 Å². The molecule has 0 amide bonds. The van der Waals surface area contributed by atoms with Crippen LogP contribution >= 0.6 is 15.9 Å². The lowest BCUT2D eigenvalue weighted by Gasteiger charge is -2.23. The summed E-state index contributed by atoms with van der Waals surface area (Å²) in [7, 11) is 0. The summed E-state index contributed by atoms with van der Waals surface area (Å²) in [5, 5.41) is 10.1. The summed E-state index contributed by atoms with van der Waals surface area (Å²) in [5.74, 6) is 0. The lowest BCUT2D eigenvalue weighted by Crippen LogP contribution is -2.21. The van der Waals surface area contributed by atoms with Crippen LogP contribution in [0.4, 0.5) is 0 Å². The normalized spacial score (nSPS) is 21.8. The van der Waals surface area contributed by atoms with Crippen molar-refractivity contribution in [2.24, 2.45) is 0 Å². The first-order chi connectivity index (χ1) is 8.74. The lowest BCUT2D eigenvalue weighted by molar-refractivity contribution is 0.00234. The van der Waals surface area contributed by atoms with Crippen molar-refractivity contribution in [2.45, 2.75) is 50.7 Å². The summed E-state index contributed by atoms with van der Waals surface area (Å²) in [5.41, 5.74) is 1.18. The van der Waals surface area contributed by atoms with Crippen molar-refractivity contribution in [3.63, 3.8) is 0 Å². The predicted molar refractivity (Wildman–Crippen MR) is 76.7 cm³/mol. The van der Waals surface area contributed by atoms with Gasteiger partial charge in [-0.15, -0.1) is 0 Å². The third kappa shape index (κ3) is 4.71. The number of aliphatic hydroxyl groups is 1. The van der Waals surface area contributed by atoms with E-state index in [-0.39, 0.29) is 6.10 Å². The molecular weight excluding hydrogens is 292 g/mol. The van der Waals surface area contributed by atoms with Gasteiger partial charge in [-0.05, 0) is 56.2 Å². The number of aliphatic hydroxyl groups excluding tert-OH is 1. The monoisotopic (exact) mass is 312 g/mol. The molecule has 1 fully saturated rings. The van der Waals surface area contributed by atoms with Crippen LogP contribution in [-0.2, 0) is 11.2 Å². The fourth-order valence-electron chi connectivity index (χ4n) is 2.45. The van der Waals surface area contributed by atoms with Crippen molar-refractivity contribution in [1.82, 2.24) is 0 Å². The quantitative estimate of drug-likeness (QED) is 0.898. The van der Waals surface area contributed by atoms with Crippen LogP contribution in [0.3, 0.4) is 0 Å². The highest BCUT2D eigenvalue weighted by atomic mass is 79.9. The van der Waals surface area contributed by atoms with E-state index in [2.05, 4.69) is 28.1 Å². The molecule has 18 heavy (non-hydrogen) atoms. The van der Waals surface area contributed by atoms with Crippen LogP contribution in [0.2, 0.25) is 0 Å². The molecule has 100 valence electrons. The van der Waals surface area contributed by atoms with Gasteiger partial charge in [-0.3, -0.25) is 0 Å². The zero-order chi connectivity index (χ0) is 12.8. The molecule has 1 N–H and O–H groups in total. The first kappa shape index (κ1) is 14.0. The van der Waals surface area contributed by atoms with Gasteiger partial charge >= 0.3 is 0 Å². The summed E-state index contributed by atoms with van der Waals surface area (Å²) in [6.45, 7) is 0.895. The van der Waals surface area contributed by atoms with E-state index in [1.54, 1.807) is 0 Å². The molecule has 1 saturated heterocycles. The smallest absolute Gasteiger partial charge is 0.0581 e. The third-order valence-electron chi connectivity index (χ3n) is 3.46. The van der Waals surface area contributed by atoms with Gasteiger partial charge in [-0.2, -0.15) is 0 Å². The van der Waals surface area contributed by atoms with Crippen LogP contribution in [-0.4, -0.2) is 23.9 Å². The number of halogens is 1. The Bertz CT molecular complexity index is 361. The first-order valence-corrected chi connectivity index (χ1v) is 7.57. The highest BCUT2D eigenvalue weighted by Gasteiger charge is 2.15. The second-order valence-corrected chi connectivity index (χ2v) is 5.97. The van der Waals surface area contributed by atoms with Gasteiger partial charge < -0.3 is 9.84 Å². The topological polar surface area (TPSA) is 29.5 Å². The van der Waals surface area contributed by atoms with Crippen molar-refractivity contribution >= 4 is 15.9 Å². The molecule has 1 aromatic rings. The number of ether oxygens (including phenoxy) is 1. The SMILES string of the molecule is OC(CCC1CCCCO1)Cc1cccc(Br)c1. The maximum absolute atomic E-state index is 10.1. The molecule has 0 aliphatic carbocycles. The Morgan fingerprint density at radius 2 is 2.28 bits per heavy atom. The number of rotatable bonds is 5. The molecule has 1 aromatic carbocycles. The molecule has 1 heterocycles. The zero-order valence-corrected chi connectivity index (χ0v) is 12.2. The molecule has 0 spiro atoms. The Hall–Kier alpha value is -0.380. The molecule has 2 unspecified atom stereocenters. The van der Waals surface area contributed by atoms with E-state index >= 15 is 0 Å². The Morgan fingerprint density at radius 3 is 3.00 bits per heavy atom. The van der Waals surface area contributed by atoms with E-state index in [0.717, 1.165) is 36.8 Å². The van der Waals surface area contributed by atoms with Crippen LogP contribution in [0.5, 0.6) is 0 Å². The Labute approximate surface area is 117 Å².